The maximum atomic E-state index is 13.0. The number of fused-ring (bicyclic) bond motifs is 3. The van der Waals surface area contributed by atoms with Crippen LogP contribution >= 0.6 is 0 Å². The topological polar surface area (TPSA) is 36.1 Å². The lowest BCUT2D eigenvalue weighted by molar-refractivity contribution is -0.184. The molecule has 0 radical (unpaired) electrons. The molecule has 4 rings (SSSR count). The highest BCUT2D eigenvalue weighted by atomic mass is 19.4. The summed E-state index contributed by atoms with van der Waals surface area (Å²) in [6.45, 7) is 2.39. The molecule has 0 spiro atoms. The van der Waals surface area contributed by atoms with Crippen molar-refractivity contribution in [2.45, 2.75) is 45.2 Å². The Kier molecular flexibility index (Phi) is 4.24. The van der Waals surface area contributed by atoms with Crippen molar-refractivity contribution in [3.8, 4) is 0 Å². The van der Waals surface area contributed by atoms with Crippen LogP contribution in [0, 0.1) is 11.8 Å². The summed E-state index contributed by atoms with van der Waals surface area (Å²) in [5.74, 6) is -1.10. The highest BCUT2D eigenvalue weighted by Crippen LogP contribution is 2.35. The first-order chi connectivity index (χ1) is 12.3. The third kappa shape index (κ3) is 3.10. The zero-order valence-corrected chi connectivity index (χ0v) is 14.8. The van der Waals surface area contributed by atoms with Gasteiger partial charge in [-0.3, -0.25) is 4.79 Å². The number of carbonyl (C=O) groups excluding carboxylic acids is 1. The van der Waals surface area contributed by atoms with Gasteiger partial charge < -0.3 is 9.88 Å². The summed E-state index contributed by atoms with van der Waals surface area (Å²) in [5, 5.41) is 1.04. The Hall–Kier alpha value is -1.98. The number of hydrogen-bond donors (Lipinski definition) is 1. The zero-order chi connectivity index (χ0) is 18.5. The van der Waals surface area contributed by atoms with Gasteiger partial charge in [-0.15, -0.1) is 0 Å². The summed E-state index contributed by atoms with van der Waals surface area (Å²) < 4.78 is 39.1. The van der Waals surface area contributed by atoms with E-state index in [1.807, 2.05) is 12.1 Å². The fourth-order valence-corrected chi connectivity index (χ4v) is 4.34. The number of hydrogen-bond acceptors (Lipinski definition) is 1. The number of amides is 1. The minimum Gasteiger partial charge on any atom is -0.358 e. The normalized spacial score (nSPS) is 23.9. The fraction of sp³-hybridized carbons (Fsp3) is 0.550. The summed E-state index contributed by atoms with van der Waals surface area (Å²) in [4.78, 5) is 17.6. The minimum absolute atomic E-state index is 0.107. The van der Waals surface area contributed by atoms with E-state index in [2.05, 4.69) is 11.9 Å². The minimum atomic E-state index is -4.24. The van der Waals surface area contributed by atoms with Crippen molar-refractivity contribution in [1.29, 1.82) is 0 Å². The van der Waals surface area contributed by atoms with Crippen LogP contribution in [-0.4, -0.2) is 35.1 Å². The van der Waals surface area contributed by atoms with Crippen LogP contribution < -0.4 is 0 Å². The molecular formula is C20H23F3N2O. The Labute approximate surface area is 150 Å². The van der Waals surface area contributed by atoms with E-state index in [0.29, 0.717) is 24.4 Å². The number of nitrogens with one attached hydrogen (secondary N) is 1. The summed E-state index contributed by atoms with van der Waals surface area (Å²) in [6.07, 6.45) is -0.595. The van der Waals surface area contributed by atoms with Crippen molar-refractivity contribution in [3.05, 3.63) is 35.0 Å². The van der Waals surface area contributed by atoms with E-state index in [1.54, 1.807) is 6.07 Å². The molecule has 2 aromatic rings. The number of aryl methyl sites for hydroxylation is 1. The van der Waals surface area contributed by atoms with Gasteiger partial charge in [-0.2, -0.15) is 13.2 Å². The number of halogens is 3. The van der Waals surface area contributed by atoms with Gasteiger partial charge >= 0.3 is 6.18 Å². The molecule has 2 aliphatic rings. The predicted molar refractivity (Wildman–Crippen MR) is 94.2 cm³/mol. The van der Waals surface area contributed by atoms with Crippen LogP contribution in [0.4, 0.5) is 13.2 Å². The third-order valence-electron chi connectivity index (χ3n) is 5.85. The Balaban J connectivity index is 1.62. The maximum absolute atomic E-state index is 13.0. The van der Waals surface area contributed by atoms with E-state index in [9.17, 15) is 18.0 Å². The van der Waals surface area contributed by atoms with E-state index in [-0.39, 0.29) is 18.9 Å². The molecule has 1 aliphatic heterocycles. The van der Waals surface area contributed by atoms with Gasteiger partial charge in [0.05, 0.1) is 5.92 Å². The summed E-state index contributed by atoms with van der Waals surface area (Å²) in [5.41, 5.74) is 3.99. The number of piperidine rings is 1. The molecule has 1 amide bonds. The Bertz CT molecular complexity index is 839. The van der Waals surface area contributed by atoms with Gasteiger partial charge in [-0.05, 0) is 61.8 Å². The summed E-state index contributed by atoms with van der Waals surface area (Å²) >= 11 is 0. The van der Waals surface area contributed by atoms with Gasteiger partial charge in [0, 0.05) is 35.2 Å². The zero-order valence-electron chi connectivity index (χ0n) is 14.8. The van der Waals surface area contributed by atoms with E-state index in [4.69, 9.17) is 0 Å². The van der Waals surface area contributed by atoms with Crippen LogP contribution in [0.25, 0.3) is 10.9 Å². The first-order valence-electron chi connectivity index (χ1n) is 9.32. The SMILES string of the molecule is C[C@@H]1CCc2[nH]c3ccc(C(=O)N4CCC[C@H](C(F)(F)F)C4)cc3c2C1. The molecule has 3 nitrogen and oxygen atoms in total. The number of rotatable bonds is 1. The van der Waals surface area contributed by atoms with E-state index in [1.165, 1.54) is 16.2 Å². The highest BCUT2D eigenvalue weighted by molar-refractivity contribution is 5.99. The number of likely N-dealkylation sites (tertiary alicyclic amines) is 1. The first kappa shape index (κ1) is 17.4. The second-order valence-corrected chi connectivity index (χ2v) is 7.82. The lowest BCUT2D eigenvalue weighted by Crippen LogP contribution is -2.44. The van der Waals surface area contributed by atoms with Crippen molar-refractivity contribution in [1.82, 2.24) is 9.88 Å². The molecule has 1 aromatic heterocycles. The highest BCUT2D eigenvalue weighted by Gasteiger charge is 2.42. The Morgan fingerprint density at radius 3 is 2.85 bits per heavy atom. The van der Waals surface area contributed by atoms with Crippen LogP contribution in [0.5, 0.6) is 0 Å². The number of alkyl halides is 3. The van der Waals surface area contributed by atoms with Crippen LogP contribution in [-0.2, 0) is 12.8 Å². The molecule has 1 fully saturated rings. The Morgan fingerprint density at radius 1 is 1.27 bits per heavy atom. The van der Waals surface area contributed by atoms with Gasteiger partial charge in [-0.1, -0.05) is 6.92 Å². The Morgan fingerprint density at radius 2 is 2.08 bits per heavy atom. The molecule has 2 heterocycles. The molecule has 1 N–H and O–H groups in total. The molecule has 140 valence electrons. The number of nitrogens with zero attached hydrogens (tertiary/aromatic N) is 1. The second kappa shape index (κ2) is 6.32. The molecular weight excluding hydrogens is 341 g/mol. The van der Waals surface area contributed by atoms with Crippen LogP contribution in [0.2, 0.25) is 0 Å². The standard InChI is InChI=1S/C20H23F3N2O/c1-12-4-6-17-15(9-12)16-10-13(5-7-18(16)24-17)19(26)25-8-2-3-14(11-25)20(21,22)23/h5,7,10,12,14,24H,2-4,6,8-9,11H2,1H3/t12-,14+/m1/s1. The summed E-state index contributed by atoms with van der Waals surface area (Å²) in [7, 11) is 0. The largest absolute Gasteiger partial charge is 0.393 e. The predicted octanol–water partition coefficient (Wildman–Crippen LogP) is 4.71. The molecule has 1 aromatic carbocycles. The number of benzene rings is 1. The van der Waals surface area contributed by atoms with Crippen LogP contribution in [0.1, 0.15) is 47.8 Å². The molecule has 0 bridgehead atoms. The third-order valence-corrected chi connectivity index (χ3v) is 5.85. The quantitative estimate of drug-likeness (QED) is 0.782. The second-order valence-electron chi connectivity index (χ2n) is 7.82. The van der Waals surface area contributed by atoms with Gasteiger partial charge in [0.1, 0.15) is 0 Å². The fourth-order valence-electron chi connectivity index (χ4n) is 4.34. The van der Waals surface area contributed by atoms with Crippen molar-refractivity contribution in [3.63, 3.8) is 0 Å². The summed E-state index contributed by atoms with van der Waals surface area (Å²) in [6, 6.07) is 5.48. The average Bonchev–Trinajstić information content (AvgIpc) is 2.97. The number of aromatic nitrogens is 1. The molecule has 0 saturated carbocycles. The van der Waals surface area contributed by atoms with Gasteiger partial charge in [0.25, 0.3) is 5.91 Å². The van der Waals surface area contributed by atoms with E-state index >= 15 is 0 Å². The molecule has 1 aliphatic carbocycles. The van der Waals surface area contributed by atoms with Crippen LogP contribution in [0.3, 0.4) is 0 Å². The smallest absolute Gasteiger partial charge is 0.358 e. The molecule has 2 atom stereocenters. The number of H-pyrrole nitrogens is 1. The monoisotopic (exact) mass is 364 g/mol. The van der Waals surface area contributed by atoms with E-state index < -0.39 is 12.1 Å². The number of aromatic amines is 1. The molecule has 0 unspecified atom stereocenters. The lowest BCUT2D eigenvalue weighted by atomic mass is 9.87. The average molecular weight is 364 g/mol. The van der Waals surface area contributed by atoms with Gasteiger partial charge in [0.2, 0.25) is 0 Å². The van der Waals surface area contributed by atoms with E-state index in [0.717, 1.165) is 30.2 Å². The molecule has 26 heavy (non-hydrogen) atoms. The molecule has 6 heteroatoms. The van der Waals surface area contributed by atoms with Crippen LogP contribution in [0.15, 0.2) is 18.2 Å². The van der Waals surface area contributed by atoms with Crippen molar-refractivity contribution >= 4 is 16.8 Å². The molecule has 1 saturated heterocycles. The maximum Gasteiger partial charge on any atom is 0.393 e. The number of carbonyl (C=O) groups is 1. The van der Waals surface area contributed by atoms with Crippen molar-refractivity contribution in [2.75, 3.05) is 13.1 Å². The van der Waals surface area contributed by atoms with Gasteiger partial charge in [0.15, 0.2) is 0 Å². The van der Waals surface area contributed by atoms with Gasteiger partial charge in [-0.25, -0.2) is 0 Å². The first-order valence-corrected chi connectivity index (χ1v) is 9.32. The van der Waals surface area contributed by atoms with Crippen molar-refractivity contribution in [2.24, 2.45) is 11.8 Å². The van der Waals surface area contributed by atoms with Crippen molar-refractivity contribution < 1.29 is 18.0 Å². The lowest BCUT2D eigenvalue weighted by Gasteiger charge is -2.33.